The lowest BCUT2D eigenvalue weighted by atomic mass is 10.3. The number of methoxy groups -OCH3 is 1. The van der Waals surface area contributed by atoms with Gasteiger partial charge in [0.25, 0.3) is 0 Å². The molecule has 0 saturated carbocycles. The first-order chi connectivity index (χ1) is 7.76. The van der Waals surface area contributed by atoms with Crippen molar-refractivity contribution < 1.29 is 9.47 Å². The smallest absolute Gasteiger partial charge is 0.123 e. The van der Waals surface area contributed by atoms with Crippen molar-refractivity contribution in [2.24, 2.45) is 0 Å². The molecular formula is C13H21NO2. The van der Waals surface area contributed by atoms with Crippen molar-refractivity contribution in [3.05, 3.63) is 24.3 Å². The lowest BCUT2D eigenvalue weighted by molar-refractivity contribution is 0.304. The van der Waals surface area contributed by atoms with Crippen molar-refractivity contribution in [2.45, 2.75) is 26.3 Å². The Morgan fingerprint density at radius 2 is 2.06 bits per heavy atom. The third-order valence-corrected chi connectivity index (χ3v) is 2.52. The fourth-order valence-electron chi connectivity index (χ4n) is 1.31. The summed E-state index contributed by atoms with van der Waals surface area (Å²) in [5.74, 6) is 1.68. The van der Waals surface area contributed by atoms with Crippen molar-refractivity contribution in [2.75, 3.05) is 20.3 Å². The van der Waals surface area contributed by atoms with Gasteiger partial charge in [0.15, 0.2) is 0 Å². The van der Waals surface area contributed by atoms with E-state index in [9.17, 15) is 0 Å². The zero-order valence-electron chi connectivity index (χ0n) is 10.3. The molecular weight excluding hydrogens is 202 g/mol. The molecule has 3 heteroatoms. The third kappa shape index (κ3) is 4.53. The minimum Gasteiger partial charge on any atom is -0.497 e. The van der Waals surface area contributed by atoms with E-state index in [1.165, 1.54) is 0 Å². The average molecular weight is 223 g/mol. The van der Waals surface area contributed by atoms with Gasteiger partial charge in [0, 0.05) is 18.7 Å². The Labute approximate surface area is 97.8 Å². The van der Waals surface area contributed by atoms with Crippen molar-refractivity contribution in [1.29, 1.82) is 0 Å². The highest BCUT2D eigenvalue weighted by Crippen LogP contribution is 2.18. The highest BCUT2D eigenvalue weighted by Gasteiger charge is 1.98. The monoisotopic (exact) mass is 223 g/mol. The topological polar surface area (TPSA) is 30.5 Å². The van der Waals surface area contributed by atoms with E-state index in [0.717, 1.165) is 24.5 Å². The molecule has 16 heavy (non-hydrogen) atoms. The molecule has 1 aromatic rings. The van der Waals surface area contributed by atoms with Crippen molar-refractivity contribution >= 4 is 0 Å². The van der Waals surface area contributed by atoms with Crippen molar-refractivity contribution in [3.63, 3.8) is 0 Å². The summed E-state index contributed by atoms with van der Waals surface area (Å²) < 4.78 is 10.7. The summed E-state index contributed by atoms with van der Waals surface area (Å²) in [5.41, 5.74) is 0. The zero-order chi connectivity index (χ0) is 11.8. The summed E-state index contributed by atoms with van der Waals surface area (Å²) in [6.07, 6.45) is 1.14. The standard InChI is InChI=1S/C13H21NO2/c1-4-11(2)14-8-9-16-13-7-5-6-12(10-13)15-3/h5-7,10-11,14H,4,8-9H2,1-3H3. The molecule has 0 saturated heterocycles. The molecule has 0 heterocycles. The highest BCUT2D eigenvalue weighted by molar-refractivity contribution is 5.32. The summed E-state index contributed by atoms with van der Waals surface area (Å²) in [4.78, 5) is 0. The molecule has 3 nitrogen and oxygen atoms in total. The molecule has 0 fully saturated rings. The Kier molecular flexibility index (Phi) is 5.72. The van der Waals surface area contributed by atoms with Crippen LogP contribution in [0.4, 0.5) is 0 Å². The molecule has 0 amide bonds. The molecule has 1 N–H and O–H groups in total. The van der Waals surface area contributed by atoms with Gasteiger partial charge in [-0.05, 0) is 25.5 Å². The second-order valence-electron chi connectivity index (χ2n) is 3.79. The van der Waals surface area contributed by atoms with Crippen LogP contribution in [0.15, 0.2) is 24.3 Å². The SMILES string of the molecule is CCC(C)NCCOc1cccc(OC)c1. The van der Waals surface area contributed by atoms with Crippen LogP contribution in [0.3, 0.4) is 0 Å². The van der Waals surface area contributed by atoms with Gasteiger partial charge >= 0.3 is 0 Å². The Morgan fingerprint density at radius 1 is 1.31 bits per heavy atom. The van der Waals surface area contributed by atoms with Crippen LogP contribution in [0.1, 0.15) is 20.3 Å². The molecule has 0 spiro atoms. The number of hydrogen-bond acceptors (Lipinski definition) is 3. The fraction of sp³-hybridized carbons (Fsp3) is 0.538. The van der Waals surface area contributed by atoms with Gasteiger partial charge in [0.05, 0.1) is 7.11 Å². The molecule has 1 rings (SSSR count). The first-order valence-corrected chi connectivity index (χ1v) is 5.76. The van der Waals surface area contributed by atoms with Crippen LogP contribution >= 0.6 is 0 Å². The first-order valence-electron chi connectivity index (χ1n) is 5.76. The largest absolute Gasteiger partial charge is 0.497 e. The van der Waals surface area contributed by atoms with Gasteiger partial charge in [-0.3, -0.25) is 0 Å². The van der Waals surface area contributed by atoms with Gasteiger partial charge in [-0.25, -0.2) is 0 Å². The minimum absolute atomic E-state index is 0.550. The number of nitrogens with one attached hydrogen (secondary N) is 1. The molecule has 1 atom stereocenters. The second-order valence-corrected chi connectivity index (χ2v) is 3.79. The van der Waals surface area contributed by atoms with Crippen LogP contribution in [0.5, 0.6) is 11.5 Å². The van der Waals surface area contributed by atoms with Crippen molar-refractivity contribution in [1.82, 2.24) is 5.32 Å². The lowest BCUT2D eigenvalue weighted by Crippen LogP contribution is -2.29. The molecule has 0 bridgehead atoms. The number of hydrogen-bond donors (Lipinski definition) is 1. The van der Waals surface area contributed by atoms with E-state index < -0.39 is 0 Å². The van der Waals surface area contributed by atoms with Gasteiger partial charge in [0.2, 0.25) is 0 Å². The average Bonchev–Trinajstić information content (AvgIpc) is 2.34. The molecule has 0 aliphatic carbocycles. The summed E-state index contributed by atoms with van der Waals surface area (Å²) in [6.45, 7) is 5.88. The van der Waals surface area contributed by atoms with Crippen LogP contribution < -0.4 is 14.8 Å². The van der Waals surface area contributed by atoms with Crippen LogP contribution in [-0.2, 0) is 0 Å². The summed E-state index contributed by atoms with van der Waals surface area (Å²) >= 11 is 0. The first kappa shape index (κ1) is 12.8. The number of rotatable bonds is 7. The van der Waals surface area contributed by atoms with Gasteiger partial charge in [-0.2, -0.15) is 0 Å². The maximum absolute atomic E-state index is 5.60. The second kappa shape index (κ2) is 7.12. The Morgan fingerprint density at radius 3 is 2.75 bits per heavy atom. The van der Waals surface area contributed by atoms with E-state index in [4.69, 9.17) is 9.47 Å². The third-order valence-electron chi connectivity index (χ3n) is 2.52. The predicted molar refractivity (Wildman–Crippen MR) is 66.2 cm³/mol. The molecule has 0 aliphatic rings. The zero-order valence-corrected chi connectivity index (χ0v) is 10.3. The number of benzene rings is 1. The van der Waals surface area contributed by atoms with Gasteiger partial charge in [0.1, 0.15) is 18.1 Å². The highest BCUT2D eigenvalue weighted by atomic mass is 16.5. The van der Waals surface area contributed by atoms with Crippen LogP contribution in [0.25, 0.3) is 0 Å². The summed E-state index contributed by atoms with van der Waals surface area (Å²) in [7, 11) is 1.66. The fourth-order valence-corrected chi connectivity index (χ4v) is 1.31. The molecule has 90 valence electrons. The van der Waals surface area contributed by atoms with Gasteiger partial charge < -0.3 is 14.8 Å². The summed E-state index contributed by atoms with van der Waals surface area (Å²) in [5, 5.41) is 3.37. The molecule has 1 aromatic carbocycles. The van der Waals surface area contributed by atoms with Gasteiger partial charge in [-0.15, -0.1) is 0 Å². The molecule has 0 aliphatic heterocycles. The lowest BCUT2D eigenvalue weighted by Gasteiger charge is -2.12. The Hall–Kier alpha value is -1.22. The van der Waals surface area contributed by atoms with Crippen LogP contribution in [-0.4, -0.2) is 26.3 Å². The van der Waals surface area contributed by atoms with E-state index in [0.29, 0.717) is 12.6 Å². The maximum Gasteiger partial charge on any atom is 0.123 e. The predicted octanol–water partition coefficient (Wildman–Crippen LogP) is 2.46. The normalized spacial score (nSPS) is 12.2. The molecule has 0 aromatic heterocycles. The van der Waals surface area contributed by atoms with Gasteiger partial charge in [-0.1, -0.05) is 13.0 Å². The van der Waals surface area contributed by atoms with Crippen LogP contribution in [0.2, 0.25) is 0 Å². The number of ether oxygens (including phenoxy) is 2. The molecule has 1 unspecified atom stereocenters. The van der Waals surface area contributed by atoms with E-state index in [1.54, 1.807) is 7.11 Å². The van der Waals surface area contributed by atoms with E-state index in [1.807, 2.05) is 24.3 Å². The van der Waals surface area contributed by atoms with Crippen molar-refractivity contribution in [3.8, 4) is 11.5 Å². The van der Waals surface area contributed by atoms with E-state index >= 15 is 0 Å². The Bertz CT molecular complexity index is 302. The quantitative estimate of drug-likeness (QED) is 0.720. The minimum atomic E-state index is 0.550. The molecule has 0 radical (unpaired) electrons. The van der Waals surface area contributed by atoms with E-state index in [-0.39, 0.29) is 0 Å². The Balaban J connectivity index is 2.26. The van der Waals surface area contributed by atoms with E-state index in [2.05, 4.69) is 19.2 Å². The summed E-state index contributed by atoms with van der Waals surface area (Å²) in [6, 6.07) is 8.21. The maximum atomic E-state index is 5.60. The van der Waals surface area contributed by atoms with Crippen LogP contribution in [0, 0.1) is 0 Å².